The first kappa shape index (κ1) is 42.6. The highest BCUT2D eigenvalue weighted by molar-refractivity contribution is 8.76. The summed E-state index contributed by atoms with van der Waals surface area (Å²) in [5.74, 6) is 0.223. The number of aliphatic carboxylic acids is 2. The van der Waals surface area contributed by atoms with Crippen LogP contribution in [0, 0.1) is 11.8 Å². The van der Waals surface area contributed by atoms with Gasteiger partial charge >= 0.3 is 11.9 Å². The summed E-state index contributed by atoms with van der Waals surface area (Å²) in [6.45, 7) is 5.40. The Hall–Kier alpha value is -1.42. The quantitative estimate of drug-likeness (QED) is 0.0406. The van der Waals surface area contributed by atoms with E-state index in [2.05, 4.69) is 10.6 Å². The molecule has 10 heteroatoms. The van der Waals surface area contributed by atoms with Crippen molar-refractivity contribution in [2.75, 3.05) is 24.6 Å². The topological polar surface area (TPSA) is 133 Å². The number of carboxylic acid groups (broad SMARTS) is 2. The van der Waals surface area contributed by atoms with E-state index in [1.165, 1.54) is 64.2 Å². The minimum atomic E-state index is -0.696. The Bertz CT molecular complexity index is 681. The second-order valence-corrected chi connectivity index (χ2v) is 14.9. The SMILES string of the molecule is CC(CSSCC(C)C(=O)NCCCCCCCCCCCCC(=O)O)C(=O)NCCCCCCCCCCCCC(=O)O. The maximum atomic E-state index is 12.4. The van der Waals surface area contributed by atoms with Crippen LogP contribution < -0.4 is 10.6 Å². The zero-order valence-corrected chi connectivity index (χ0v) is 29.5. The summed E-state index contributed by atoms with van der Waals surface area (Å²) >= 11 is 0. The first-order valence-electron chi connectivity index (χ1n) is 17.5. The Labute approximate surface area is 276 Å². The molecule has 2 unspecified atom stereocenters. The van der Waals surface area contributed by atoms with Gasteiger partial charge in [0.1, 0.15) is 0 Å². The Morgan fingerprint density at radius 3 is 0.977 bits per heavy atom. The lowest BCUT2D eigenvalue weighted by Gasteiger charge is -2.14. The maximum absolute atomic E-state index is 12.4. The molecule has 0 aliphatic heterocycles. The lowest BCUT2D eigenvalue weighted by molar-refractivity contribution is -0.138. The highest BCUT2D eigenvalue weighted by Crippen LogP contribution is 2.26. The molecule has 0 aromatic heterocycles. The Kier molecular flexibility index (Phi) is 30.5. The second-order valence-electron chi connectivity index (χ2n) is 12.3. The summed E-state index contributed by atoms with van der Waals surface area (Å²) in [5, 5.41) is 23.4. The molecule has 0 radical (unpaired) electrons. The lowest BCUT2D eigenvalue weighted by atomic mass is 10.1. The summed E-state index contributed by atoms with van der Waals surface area (Å²) in [5.41, 5.74) is 0. The van der Waals surface area contributed by atoms with Crippen molar-refractivity contribution in [1.29, 1.82) is 0 Å². The molecule has 0 aliphatic carbocycles. The van der Waals surface area contributed by atoms with Crippen molar-refractivity contribution in [2.24, 2.45) is 11.8 Å². The van der Waals surface area contributed by atoms with Gasteiger partial charge in [-0.25, -0.2) is 0 Å². The predicted molar refractivity (Wildman–Crippen MR) is 186 cm³/mol. The van der Waals surface area contributed by atoms with Crippen LogP contribution in [0.2, 0.25) is 0 Å². The molecule has 8 nitrogen and oxygen atoms in total. The van der Waals surface area contributed by atoms with Gasteiger partial charge in [0.25, 0.3) is 0 Å². The molecule has 0 saturated carbocycles. The highest BCUT2D eigenvalue weighted by Gasteiger charge is 2.15. The molecular weight excluding hydrogens is 597 g/mol. The number of unbranched alkanes of at least 4 members (excludes halogenated alkanes) is 18. The fourth-order valence-corrected chi connectivity index (χ4v) is 7.56. The van der Waals surface area contributed by atoms with E-state index in [0.717, 1.165) is 88.8 Å². The third kappa shape index (κ3) is 30.6. The van der Waals surface area contributed by atoms with Crippen molar-refractivity contribution in [1.82, 2.24) is 10.6 Å². The van der Waals surface area contributed by atoms with Crippen molar-refractivity contribution >= 4 is 45.3 Å². The van der Waals surface area contributed by atoms with Crippen LogP contribution >= 0.6 is 21.6 Å². The van der Waals surface area contributed by atoms with Crippen LogP contribution in [0.4, 0.5) is 0 Å². The average Bonchev–Trinajstić information content (AvgIpc) is 2.99. The van der Waals surface area contributed by atoms with E-state index in [-0.39, 0.29) is 23.7 Å². The van der Waals surface area contributed by atoms with Crippen LogP contribution in [0.5, 0.6) is 0 Å². The van der Waals surface area contributed by atoms with E-state index in [9.17, 15) is 19.2 Å². The van der Waals surface area contributed by atoms with Gasteiger partial charge in [-0.1, -0.05) is 138 Å². The molecule has 0 bridgehead atoms. The first-order chi connectivity index (χ1) is 21.2. The van der Waals surface area contributed by atoms with E-state index in [1.54, 1.807) is 21.6 Å². The van der Waals surface area contributed by atoms with Gasteiger partial charge in [0, 0.05) is 49.3 Å². The predicted octanol–water partition coefficient (Wildman–Crippen LogP) is 8.62. The van der Waals surface area contributed by atoms with Crippen LogP contribution in [-0.4, -0.2) is 58.6 Å². The molecule has 4 N–H and O–H groups in total. The van der Waals surface area contributed by atoms with E-state index in [0.29, 0.717) is 12.8 Å². The summed E-state index contributed by atoms with van der Waals surface area (Å²) in [6.07, 6.45) is 22.9. The minimum Gasteiger partial charge on any atom is -0.481 e. The lowest BCUT2D eigenvalue weighted by Crippen LogP contribution is -2.31. The fourth-order valence-electron chi connectivity index (χ4n) is 4.85. The number of hydrogen-bond acceptors (Lipinski definition) is 6. The van der Waals surface area contributed by atoms with Gasteiger partial charge < -0.3 is 20.8 Å². The largest absolute Gasteiger partial charge is 0.481 e. The van der Waals surface area contributed by atoms with Gasteiger partial charge in [0.05, 0.1) is 0 Å². The van der Waals surface area contributed by atoms with Crippen molar-refractivity contribution in [3.8, 4) is 0 Å². The van der Waals surface area contributed by atoms with Gasteiger partial charge in [0.2, 0.25) is 11.8 Å². The number of nitrogens with one attached hydrogen (secondary N) is 2. The number of carboxylic acids is 2. The summed E-state index contributed by atoms with van der Waals surface area (Å²) in [4.78, 5) is 45.7. The summed E-state index contributed by atoms with van der Waals surface area (Å²) in [6, 6.07) is 0. The molecule has 2 atom stereocenters. The molecule has 0 aromatic carbocycles. The standard InChI is InChI=1S/C34H64N2O6S2/c1-29(33(41)35-25-21-17-13-9-5-3-7-11-15-19-23-31(37)38)27-43-44-28-30(2)34(42)36-26-22-18-14-10-6-4-8-12-16-20-24-32(39)40/h29-30H,3-28H2,1-2H3,(H,35,41)(H,36,42)(H,37,38)(H,39,40). The minimum absolute atomic E-state index is 0.0454. The average molecular weight is 661 g/mol. The summed E-state index contributed by atoms with van der Waals surface area (Å²) in [7, 11) is 3.34. The van der Waals surface area contributed by atoms with E-state index in [4.69, 9.17) is 10.2 Å². The van der Waals surface area contributed by atoms with Gasteiger partial charge in [-0.15, -0.1) is 0 Å². The molecule has 0 spiro atoms. The molecule has 0 aliphatic rings. The van der Waals surface area contributed by atoms with Crippen LogP contribution in [0.3, 0.4) is 0 Å². The molecule has 0 fully saturated rings. The van der Waals surface area contributed by atoms with Gasteiger partial charge in [-0.05, 0) is 25.7 Å². The third-order valence-electron chi connectivity index (χ3n) is 7.85. The number of amides is 2. The van der Waals surface area contributed by atoms with Crippen LogP contribution in [0.1, 0.15) is 155 Å². The van der Waals surface area contributed by atoms with Gasteiger partial charge in [-0.3, -0.25) is 19.2 Å². The first-order valence-corrected chi connectivity index (χ1v) is 20.0. The Morgan fingerprint density at radius 2 is 0.705 bits per heavy atom. The molecule has 0 rings (SSSR count). The van der Waals surface area contributed by atoms with E-state index in [1.807, 2.05) is 13.8 Å². The maximum Gasteiger partial charge on any atom is 0.303 e. The number of rotatable bonds is 33. The zero-order chi connectivity index (χ0) is 32.7. The number of carbonyl (C=O) groups excluding carboxylic acids is 2. The van der Waals surface area contributed by atoms with Crippen molar-refractivity contribution in [3.05, 3.63) is 0 Å². The van der Waals surface area contributed by atoms with Crippen molar-refractivity contribution in [3.63, 3.8) is 0 Å². The third-order valence-corrected chi connectivity index (χ3v) is 10.6. The highest BCUT2D eigenvalue weighted by atomic mass is 33.1. The smallest absolute Gasteiger partial charge is 0.303 e. The molecule has 44 heavy (non-hydrogen) atoms. The van der Waals surface area contributed by atoms with Crippen LogP contribution in [0.25, 0.3) is 0 Å². The monoisotopic (exact) mass is 660 g/mol. The second kappa shape index (κ2) is 31.6. The molecule has 0 aromatic rings. The molecule has 258 valence electrons. The molecule has 0 heterocycles. The Balaban J connectivity index is 3.52. The number of carbonyl (C=O) groups is 4. The van der Waals surface area contributed by atoms with Crippen LogP contribution in [-0.2, 0) is 19.2 Å². The Morgan fingerprint density at radius 1 is 0.455 bits per heavy atom. The zero-order valence-electron chi connectivity index (χ0n) is 27.9. The summed E-state index contributed by atoms with van der Waals surface area (Å²) < 4.78 is 0. The van der Waals surface area contributed by atoms with Gasteiger partial charge in [-0.2, -0.15) is 0 Å². The van der Waals surface area contributed by atoms with Crippen LogP contribution in [0.15, 0.2) is 0 Å². The fraction of sp³-hybridized carbons (Fsp3) is 0.882. The normalized spacial score (nSPS) is 12.5. The number of hydrogen-bond donors (Lipinski definition) is 4. The van der Waals surface area contributed by atoms with Crippen molar-refractivity contribution < 1.29 is 29.4 Å². The molecular formula is C34H64N2O6S2. The molecule has 0 saturated heterocycles. The van der Waals surface area contributed by atoms with E-state index < -0.39 is 11.9 Å². The van der Waals surface area contributed by atoms with E-state index >= 15 is 0 Å². The van der Waals surface area contributed by atoms with Crippen molar-refractivity contribution in [2.45, 2.75) is 155 Å². The molecule has 2 amide bonds. The van der Waals surface area contributed by atoms with Gasteiger partial charge in [0.15, 0.2) is 0 Å².